The van der Waals surface area contributed by atoms with E-state index >= 15 is 0 Å². The number of benzene rings is 1. The Bertz CT molecular complexity index is 387. The highest BCUT2D eigenvalue weighted by molar-refractivity contribution is 5.35. The van der Waals surface area contributed by atoms with Crippen LogP contribution in [0.4, 0.5) is 0 Å². The summed E-state index contributed by atoms with van der Waals surface area (Å²) in [5.41, 5.74) is 1.82. The second kappa shape index (κ2) is 6.42. The Hall–Kier alpha value is -1.02. The quantitative estimate of drug-likeness (QED) is 0.755. The number of hydrogen-bond acceptors (Lipinski definition) is 2. The third-order valence-corrected chi connectivity index (χ3v) is 4.57. The zero-order valence-electron chi connectivity index (χ0n) is 12.5. The SMILES string of the molecule is CCCNCC1(c2ccc(OCC)cc2)CCC1C. The summed E-state index contributed by atoms with van der Waals surface area (Å²) in [5, 5.41) is 3.62. The molecule has 2 unspecified atom stereocenters. The fourth-order valence-corrected chi connectivity index (χ4v) is 3.11. The van der Waals surface area contributed by atoms with E-state index in [2.05, 4.69) is 43.4 Å². The molecule has 2 heteroatoms. The third-order valence-electron chi connectivity index (χ3n) is 4.57. The summed E-state index contributed by atoms with van der Waals surface area (Å²) in [6.07, 6.45) is 3.85. The lowest BCUT2D eigenvalue weighted by atomic mass is 9.57. The van der Waals surface area contributed by atoms with E-state index in [4.69, 9.17) is 4.74 Å². The van der Waals surface area contributed by atoms with Crippen LogP contribution in [0.15, 0.2) is 24.3 Å². The van der Waals surface area contributed by atoms with Crippen LogP contribution in [0.3, 0.4) is 0 Å². The van der Waals surface area contributed by atoms with Gasteiger partial charge in [0.25, 0.3) is 0 Å². The van der Waals surface area contributed by atoms with Gasteiger partial charge in [-0.1, -0.05) is 26.0 Å². The fraction of sp³-hybridized carbons (Fsp3) is 0.647. The summed E-state index contributed by atoms with van der Waals surface area (Å²) in [6, 6.07) is 8.75. The highest BCUT2D eigenvalue weighted by atomic mass is 16.5. The van der Waals surface area contributed by atoms with Crippen LogP contribution >= 0.6 is 0 Å². The molecule has 1 aromatic carbocycles. The van der Waals surface area contributed by atoms with Crippen molar-refractivity contribution in [3.63, 3.8) is 0 Å². The van der Waals surface area contributed by atoms with Gasteiger partial charge in [-0.2, -0.15) is 0 Å². The minimum Gasteiger partial charge on any atom is -0.494 e. The Kier molecular flexibility index (Phi) is 4.87. The Morgan fingerprint density at radius 3 is 2.47 bits per heavy atom. The van der Waals surface area contributed by atoms with Crippen LogP contribution in [0.25, 0.3) is 0 Å². The fourth-order valence-electron chi connectivity index (χ4n) is 3.11. The van der Waals surface area contributed by atoms with E-state index in [1.165, 1.54) is 24.8 Å². The van der Waals surface area contributed by atoms with E-state index < -0.39 is 0 Å². The van der Waals surface area contributed by atoms with Crippen molar-refractivity contribution in [2.24, 2.45) is 5.92 Å². The first kappa shape index (κ1) is 14.4. The lowest BCUT2D eigenvalue weighted by molar-refractivity contribution is 0.134. The van der Waals surface area contributed by atoms with Crippen LogP contribution in [0, 0.1) is 5.92 Å². The minimum absolute atomic E-state index is 0.347. The molecule has 2 atom stereocenters. The van der Waals surface area contributed by atoms with Crippen molar-refractivity contribution in [2.75, 3.05) is 19.7 Å². The van der Waals surface area contributed by atoms with Crippen molar-refractivity contribution in [2.45, 2.75) is 45.4 Å². The molecule has 19 heavy (non-hydrogen) atoms. The zero-order chi connectivity index (χ0) is 13.7. The molecule has 0 bridgehead atoms. The summed E-state index contributed by atoms with van der Waals surface area (Å²) < 4.78 is 5.53. The maximum atomic E-state index is 5.53. The highest BCUT2D eigenvalue weighted by Crippen LogP contribution is 2.48. The lowest BCUT2D eigenvalue weighted by Crippen LogP contribution is -2.50. The Balaban J connectivity index is 2.10. The second-order valence-corrected chi connectivity index (χ2v) is 5.73. The Morgan fingerprint density at radius 1 is 1.26 bits per heavy atom. The molecule has 1 N–H and O–H groups in total. The molecule has 1 saturated carbocycles. The van der Waals surface area contributed by atoms with Crippen molar-refractivity contribution >= 4 is 0 Å². The summed E-state index contributed by atoms with van der Waals surface area (Å²) in [5.74, 6) is 1.75. The summed E-state index contributed by atoms with van der Waals surface area (Å²) in [6.45, 7) is 9.59. The van der Waals surface area contributed by atoms with Crippen LogP contribution in [-0.4, -0.2) is 19.7 Å². The molecule has 1 aromatic rings. The normalized spacial score (nSPS) is 25.9. The summed E-state index contributed by atoms with van der Waals surface area (Å²) >= 11 is 0. The molecule has 2 nitrogen and oxygen atoms in total. The number of nitrogens with one attached hydrogen (secondary N) is 1. The third kappa shape index (κ3) is 2.94. The lowest BCUT2D eigenvalue weighted by Gasteiger charge is -2.49. The van der Waals surface area contributed by atoms with Crippen LogP contribution in [-0.2, 0) is 5.41 Å². The van der Waals surface area contributed by atoms with Gasteiger partial charge in [-0.15, -0.1) is 0 Å². The molecule has 2 rings (SSSR count). The van der Waals surface area contributed by atoms with Gasteiger partial charge in [-0.3, -0.25) is 0 Å². The molecule has 106 valence electrons. The van der Waals surface area contributed by atoms with Gasteiger partial charge < -0.3 is 10.1 Å². The molecule has 0 spiro atoms. The van der Waals surface area contributed by atoms with E-state index in [0.717, 1.165) is 31.4 Å². The second-order valence-electron chi connectivity index (χ2n) is 5.73. The molecule has 0 radical (unpaired) electrons. The van der Waals surface area contributed by atoms with Crippen molar-refractivity contribution in [3.8, 4) is 5.75 Å². The first-order valence-corrected chi connectivity index (χ1v) is 7.67. The average molecular weight is 261 g/mol. The van der Waals surface area contributed by atoms with Gasteiger partial charge in [-0.25, -0.2) is 0 Å². The predicted octanol–water partition coefficient (Wildman–Crippen LogP) is 3.75. The molecule has 1 fully saturated rings. The standard InChI is InChI=1S/C17H27NO/c1-4-12-18-13-17(11-10-14(17)3)15-6-8-16(9-7-15)19-5-2/h6-9,14,18H,4-5,10-13H2,1-3H3. The van der Waals surface area contributed by atoms with Gasteiger partial charge in [-0.05, 0) is 56.3 Å². The molecular weight excluding hydrogens is 234 g/mol. The minimum atomic E-state index is 0.347. The van der Waals surface area contributed by atoms with Gasteiger partial charge in [0.1, 0.15) is 5.75 Å². The molecule has 0 aromatic heterocycles. The van der Waals surface area contributed by atoms with Gasteiger partial charge in [0.05, 0.1) is 6.61 Å². The van der Waals surface area contributed by atoms with E-state index in [1.54, 1.807) is 0 Å². The molecule has 0 amide bonds. The molecule has 0 heterocycles. The van der Waals surface area contributed by atoms with Crippen LogP contribution in [0.2, 0.25) is 0 Å². The Labute approximate surface area is 117 Å². The number of hydrogen-bond donors (Lipinski definition) is 1. The van der Waals surface area contributed by atoms with Gasteiger partial charge in [0.15, 0.2) is 0 Å². The first-order chi connectivity index (χ1) is 9.23. The summed E-state index contributed by atoms with van der Waals surface area (Å²) in [4.78, 5) is 0. The van der Waals surface area contributed by atoms with E-state index in [0.29, 0.717) is 5.41 Å². The maximum Gasteiger partial charge on any atom is 0.119 e. The van der Waals surface area contributed by atoms with Gasteiger partial charge >= 0.3 is 0 Å². The van der Waals surface area contributed by atoms with Gasteiger partial charge in [0.2, 0.25) is 0 Å². The van der Waals surface area contributed by atoms with Crippen molar-refractivity contribution in [1.82, 2.24) is 5.32 Å². The molecule has 0 saturated heterocycles. The van der Waals surface area contributed by atoms with Crippen LogP contribution in [0.5, 0.6) is 5.75 Å². The van der Waals surface area contributed by atoms with E-state index in [1.807, 2.05) is 6.92 Å². The van der Waals surface area contributed by atoms with E-state index in [9.17, 15) is 0 Å². The molecule has 1 aliphatic rings. The number of rotatable bonds is 7. The number of ether oxygens (including phenoxy) is 1. The monoisotopic (exact) mass is 261 g/mol. The van der Waals surface area contributed by atoms with Crippen molar-refractivity contribution < 1.29 is 4.74 Å². The smallest absolute Gasteiger partial charge is 0.119 e. The highest BCUT2D eigenvalue weighted by Gasteiger charge is 2.44. The largest absolute Gasteiger partial charge is 0.494 e. The van der Waals surface area contributed by atoms with Crippen LogP contribution < -0.4 is 10.1 Å². The summed E-state index contributed by atoms with van der Waals surface area (Å²) in [7, 11) is 0. The van der Waals surface area contributed by atoms with Crippen LogP contribution in [0.1, 0.15) is 45.6 Å². The first-order valence-electron chi connectivity index (χ1n) is 7.67. The zero-order valence-corrected chi connectivity index (χ0v) is 12.5. The van der Waals surface area contributed by atoms with Gasteiger partial charge in [0, 0.05) is 12.0 Å². The molecule has 0 aliphatic heterocycles. The molecule has 1 aliphatic carbocycles. The predicted molar refractivity (Wildman–Crippen MR) is 80.8 cm³/mol. The van der Waals surface area contributed by atoms with Crippen molar-refractivity contribution in [3.05, 3.63) is 29.8 Å². The van der Waals surface area contributed by atoms with Crippen molar-refractivity contribution in [1.29, 1.82) is 0 Å². The topological polar surface area (TPSA) is 21.3 Å². The molecular formula is C17H27NO. The maximum absolute atomic E-state index is 5.53. The average Bonchev–Trinajstić information content (AvgIpc) is 2.43. The Morgan fingerprint density at radius 2 is 2.00 bits per heavy atom. The van der Waals surface area contributed by atoms with E-state index in [-0.39, 0.29) is 0 Å².